The van der Waals surface area contributed by atoms with Crippen LogP contribution in [0.15, 0.2) is 27.8 Å². The van der Waals surface area contributed by atoms with Crippen molar-refractivity contribution in [3.63, 3.8) is 0 Å². The number of nitrogens with zero attached hydrogens (tertiary/aromatic N) is 2. The number of pyridine rings is 1. The number of β-amino-alcohol motifs (C(OH)–C–C–N with tert-alkyl or cyclic N) is 1. The number of halogens is 1. The minimum absolute atomic E-state index is 0.149. The molecule has 0 radical (unpaired) electrons. The van der Waals surface area contributed by atoms with Crippen molar-refractivity contribution in [2.45, 2.75) is 30.3 Å². The van der Waals surface area contributed by atoms with Crippen molar-refractivity contribution in [1.29, 1.82) is 0 Å². The molecule has 1 fully saturated rings. The van der Waals surface area contributed by atoms with Crippen molar-refractivity contribution in [3.8, 4) is 0 Å². The molecule has 1 saturated heterocycles. The van der Waals surface area contributed by atoms with Gasteiger partial charge in [0.1, 0.15) is 4.90 Å². The summed E-state index contributed by atoms with van der Waals surface area (Å²) < 4.78 is 26.3. The van der Waals surface area contributed by atoms with E-state index in [0.29, 0.717) is 10.9 Å². The largest absolute Gasteiger partial charge is 0.387 e. The molecule has 0 unspecified atom stereocenters. The van der Waals surface area contributed by atoms with E-state index in [-0.39, 0.29) is 18.0 Å². The lowest BCUT2D eigenvalue weighted by Crippen LogP contribution is -2.63. The van der Waals surface area contributed by atoms with E-state index in [1.165, 1.54) is 22.8 Å². The van der Waals surface area contributed by atoms with Gasteiger partial charge in [0, 0.05) is 30.0 Å². The Morgan fingerprint density at radius 2 is 2.17 bits per heavy atom. The van der Waals surface area contributed by atoms with Crippen LogP contribution in [-0.2, 0) is 10.0 Å². The molecule has 5 nitrogen and oxygen atoms in total. The molecule has 0 amide bonds. The van der Waals surface area contributed by atoms with Gasteiger partial charge in [-0.1, -0.05) is 13.3 Å². The summed E-state index contributed by atoms with van der Waals surface area (Å²) in [4.78, 5) is 4.00. The molecule has 0 atom stereocenters. The summed E-state index contributed by atoms with van der Waals surface area (Å²) >= 11 is 3.20. The molecule has 18 heavy (non-hydrogen) atoms. The first-order valence-corrected chi connectivity index (χ1v) is 7.94. The second kappa shape index (κ2) is 4.88. The highest BCUT2D eigenvalue weighted by molar-refractivity contribution is 9.10. The van der Waals surface area contributed by atoms with Gasteiger partial charge >= 0.3 is 0 Å². The normalized spacial score (nSPS) is 19.5. The van der Waals surface area contributed by atoms with Gasteiger partial charge in [0.25, 0.3) is 0 Å². The molecular weight excluding hydrogens is 320 g/mol. The van der Waals surface area contributed by atoms with E-state index in [1.807, 2.05) is 6.92 Å². The van der Waals surface area contributed by atoms with Crippen molar-refractivity contribution in [2.75, 3.05) is 13.1 Å². The Kier molecular flexibility index (Phi) is 3.77. The van der Waals surface area contributed by atoms with Crippen LogP contribution >= 0.6 is 15.9 Å². The minimum atomic E-state index is -3.53. The first-order valence-electron chi connectivity index (χ1n) is 5.70. The quantitative estimate of drug-likeness (QED) is 0.902. The zero-order chi connectivity index (χ0) is 13.4. The van der Waals surface area contributed by atoms with Crippen molar-refractivity contribution in [2.24, 2.45) is 0 Å². The second-order valence-electron chi connectivity index (χ2n) is 4.59. The maximum atomic E-state index is 12.2. The average Bonchev–Trinajstić information content (AvgIpc) is 2.26. The predicted octanol–water partition coefficient (Wildman–Crippen LogP) is 1.38. The maximum absolute atomic E-state index is 12.2. The molecule has 1 aliphatic rings. The smallest absolute Gasteiger partial charge is 0.244 e. The Morgan fingerprint density at radius 1 is 1.50 bits per heavy atom. The fraction of sp³-hybridized carbons (Fsp3) is 0.545. The maximum Gasteiger partial charge on any atom is 0.244 e. The number of rotatable bonds is 4. The van der Waals surface area contributed by atoms with Crippen molar-refractivity contribution < 1.29 is 13.5 Å². The molecule has 1 aromatic heterocycles. The van der Waals surface area contributed by atoms with Crippen LogP contribution in [-0.4, -0.2) is 41.5 Å². The zero-order valence-corrected chi connectivity index (χ0v) is 12.4. The molecule has 1 aliphatic heterocycles. The fourth-order valence-corrected chi connectivity index (χ4v) is 4.19. The highest BCUT2D eigenvalue weighted by Crippen LogP contribution is 2.31. The molecule has 2 heterocycles. The van der Waals surface area contributed by atoms with E-state index in [2.05, 4.69) is 20.9 Å². The Bertz CT molecular complexity index is 541. The van der Waals surface area contributed by atoms with Crippen LogP contribution in [0.1, 0.15) is 19.8 Å². The van der Waals surface area contributed by atoms with Crippen molar-refractivity contribution in [1.82, 2.24) is 9.29 Å². The van der Waals surface area contributed by atoms with Gasteiger partial charge in [-0.15, -0.1) is 0 Å². The molecule has 1 N–H and O–H groups in total. The minimum Gasteiger partial charge on any atom is -0.387 e. The molecule has 0 aliphatic carbocycles. The SMILES string of the molecule is CCCC1(O)CN(S(=O)(=O)c2cncc(Br)c2)C1. The van der Waals surface area contributed by atoms with Crippen LogP contribution < -0.4 is 0 Å². The monoisotopic (exact) mass is 334 g/mol. The topological polar surface area (TPSA) is 70.5 Å². The highest BCUT2D eigenvalue weighted by atomic mass is 79.9. The summed E-state index contributed by atoms with van der Waals surface area (Å²) in [6, 6.07) is 1.51. The van der Waals surface area contributed by atoms with Crippen LogP contribution in [0, 0.1) is 0 Å². The summed E-state index contributed by atoms with van der Waals surface area (Å²) in [6.07, 6.45) is 4.30. The van der Waals surface area contributed by atoms with E-state index in [1.54, 1.807) is 0 Å². The van der Waals surface area contributed by atoms with Crippen LogP contribution in [0.25, 0.3) is 0 Å². The number of aliphatic hydroxyl groups is 1. The van der Waals surface area contributed by atoms with Crippen molar-refractivity contribution in [3.05, 3.63) is 22.9 Å². The molecule has 7 heteroatoms. The lowest BCUT2D eigenvalue weighted by Gasteiger charge is -2.45. The van der Waals surface area contributed by atoms with Crippen LogP contribution in [0.5, 0.6) is 0 Å². The van der Waals surface area contributed by atoms with E-state index in [9.17, 15) is 13.5 Å². The third-order valence-corrected chi connectivity index (χ3v) is 5.16. The van der Waals surface area contributed by atoms with Gasteiger partial charge in [-0.25, -0.2) is 8.42 Å². The third-order valence-electron chi connectivity index (χ3n) is 2.97. The van der Waals surface area contributed by atoms with Gasteiger partial charge in [-0.3, -0.25) is 4.98 Å². The molecule has 0 saturated carbocycles. The van der Waals surface area contributed by atoms with Crippen LogP contribution in [0.3, 0.4) is 0 Å². The van der Waals surface area contributed by atoms with Gasteiger partial charge in [-0.05, 0) is 28.4 Å². The van der Waals surface area contributed by atoms with Gasteiger partial charge in [0.15, 0.2) is 0 Å². The van der Waals surface area contributed by atoms with E-state index < -0.39 is 15.6 Å². The highest BCUT2D eigenvalue weighted by Gasteiger charge is 2.46. The lowest BCUT2D eigenvalue weighted by molar-refractivity contribution is -0.0653. The van der Waals surface area contributed by atoms with E-state index in [4.69, 9.17) is 0 Å². The summed E-state index contributed by atoms with van der Waals surface area (Å²) in [5, 5.41) is 10.0. The lowest BCUT2D eigenvalue weighted by atomic mass is 9.92. The van der Waals surface area contributed by atoms with E-state index in [0.717, 1.165) is 6.42 Å². The second-order valence-corrected chi connectivity index (χ2v) is 7.44. The Balaban J connectivity index is 2.15. The van der Waals surface area contributed by atoms with Gasteiger partial charge in [0.05, 0.1) is 5.60 Å². The molecular formula is C11H15BrN2O3S. The standard InChI is InChI=1S/C11H15BrN2O3S/c1-2-3-11(15)7-14(8-11)18(16,17)10-4-9(12)5-13-6-10/h4-6,15H,2-3,7-8H2,1H3. The summed E-state index contributed by atoms with van der Waals surface area (Å²) in [5.74, 6) is 0. The average molecular weight is 335 g/mol. The number of hydrogen-bond acceptors (Lipinski definition) is 4. The molecule has 0 bridgehead atoms. The van der Waals surface area contributed by atoms with Gasteiger partial charge in [0.2, 0.25) is 10.0 Å². The van der Waals surface area contributed by atoms with Gasteiger partial charge in [-0.2, -0.15) is 4.31 Å². The molecule has 0 spiro atoms. The number of sulfonamides is 1. The van der Waals surface area contributed by atoms with E-state index >= 15 is 0 Å². The first-order chi connectivity index (χ1) is 8.37. The van der Waals surface area contributed by atoms with Crippen LogP contribution in [0.4, 0.5) is 0 Å². The van der Waals surface area contributed by atoms with Gasteiger partial charge < -0.3 is 5.11 Å². The summed E-state index contributed by atoms with van der Waals surface area (Å²) in [5.41, 5.74) is -0.860. The Hall–Kier alpha value is -0.500. The molecule has 2 rings (SSSR count). The predicted molar refractivity (Wildman–Crippen MR) is 70.6 cm³/mol. The molecule has 100 valence electrons. The first kappa shape index (κ1) is 13.9. The summed E-state index contributed by atoms with van der Waals surface area (Å²) in [6.45, 7) is 2.29. The number of hydrogen-bond donors (Lipinski definition) is 1. The molecule has 1 aromatic rings. The fourth-order valence-electron chi connectivity index (χ4n) is 2.09. The van der Waals surface area contributed by atoms with Crippen molar-refractivity contribution >= 4 is 26.0 Å². The van der Waals surface area contributed by atoms with Crippen LogP contribution in [0.2, 0.25) is 0 Å². The number of aromatic nitrogens is 1. The Morgan fingerprint density at radius 3 is 2.72 bits per heavy atom. The third kappa shape index (κ3) is 2.59. The Labute approximate surface area is 115 Å². The summed E-state index contributed by atoms with van der Waals surface area (Å²) in [7, 11) is -3.53. The zero-order valence-electron chi connectivity index (χ0n) is 10.0. The molecule has 0 aromatic carbocycles.